The van der Waals surface area contributed by atoms with Gasteiger partial charge in [0.25, 0.3) is 0 Å². The highest BCUT2D eigenvalue weighted by molar-refractivity contribution is 5.16. The minimum absolute atomic E-state index is 0.368. The molecule has 1 aliphatic rings. The number of aromatic nitrogens is 1. The summed E-state index contributed by atoms with van der Waals surface area (Å²) < 4.78 is 0. The SMILES string of the molecule is CCC1CCC(C(O)c2cc(C)ccn2)CC1. The Kier molecular flexibility index (Phi) is 4.16. The molecule has 1 aromatic rings. The molecular weight excluding hydrogens is 210 g/mol. The van der Waals surface area contributed by atoms with Crippen molar-refractivity contribution in [2.75, 3.05) is 0 Å². The first-order valence-corrected chi connectivity index (χ1v) is 6.81. The molecule has 17 heavy (non-hydrogen) atoms. The summed E-state index contributed by atoms with van der Waals surface area (Å²) >= 11 is 0. The molecule has 1 aliphatic carbocycles. The van der Waals surface area contributed by atoms with E-state index >= 15 is 0 Å². The highest BCUT2D eigenvalue weighted by atomic mass is 16.3. The zero-order chi connectivity index (χ0) is 12.3. The molecule has 0 amide bonds. The summed E-state index contributed by atoms with van der Waals surface area (Å²) in [7, 11) is 0. The second-order valence-corrected chi connectivity index (χ2v) is 5.39. The van der Waals surface area contributed by atoms with Gasteiger partial charge < -0.3 is 5.11 Å². The maximum Gasteiger partial charge on any atom is 0.0987 e. The molecule has 1 atom stereocenters. The Morgan fingerprint density at radius 3 is 2.65 bits per heavy atom. The molecule has 94 valence electrons. The van der Waals surface area contributed by atoms with Gasteiger partial charge in [0, 0.05) is 6.20 Å². The number of hydrogen-bond acceptors (Lipinski definition) is 2. The quantitative estimate of drug-likeness (QED) is 0.864. The van der Waals surface area contributed by atoms with E-state index in [9.17, 15) is 5.11 Å². The van der Waals surface area contributed by atoms with Gasteiger partial charge in [0.1, 0.15) is 0 Å². The Bertz CT molecular complexity index is 356. The van der Waals surface area contributed by atoms with Crippen LogP contribution in [0.2, 0.25) is 0 Å². The summed E-state index contributed by atoms with van der Waals surface area (Å²) in [5, 5.41) is 10.4. The van der Waals surface area contributed by atoms with Crippen molar-refractivity contribution in [3.05, 3.63) is 29.6 Å². The largest absolute Gasteiger partial charge is 0.387 e. The number of rotatable bonds is 3. The Hall–Kier alpha value is -0.890. The van der Waals surface area contributed by atoms with Gasteiger partial charge in [-0.15, -0.1) is 0 Å². The van der Waals surface area contributed by atoms with Crippen molar-refractivity contribution >= 4 is 0 Å². The van der Waals surface area contributed by atoms with Crippen molar-refractivity contribution in [3.63, 3.8) is 0 Å². The van der Waals surface area contributed by atoms with E-state index in [1.54, 1.807) is 6.20 Å². The topological polar surface area (TPSA) is 33.1 Å². The lowest BCUT2D eigenvalue weighted by molar-refractivity contribution is 0.0695. The number of hydrogen-bond donors (Lipinski definition) is 1. The lowest BCUT2D eigenvalue weighted by atomic mass is 9.78. The number of aryl methyl sites for hydroxylation is 1. The monoisotopic (exact) mass is 233 g/mol. The fourth-order valence-electron chi connectivity index (χ4n) is 2.88. The van der Waals surface area contributed by atoms with Gasteiger partial charge in [-0.05, 0) is 49.3 Å². The van der Waals surface area contributed by atoms with E-state index in [0.29, 0.717) is 5.92 Å². The third-order valence-corrected chi connectivity index (χ3v) is 4.15. The van der Waals surface area contributed by atoms with Crippen LogP contribution in [-0.4, -0.2) is 10.1 Å². The average Bonchev–Trinajstić information content (AvgIpc) is 2.38. The summed E-state index contributed by atoms with van der Waals surface area (Å²) in [5.41, 5.74) is 2.03. The van der Waals surface area contributed by atoms with Crippen LogP contribution in [-0.2, 0) is 0 Å². The second kappa shape index (κ2) is 5.63. The molecule has 0 saturated heterocycles. The van der Waals surface area contributed by atoms with Crippen molar-refractivity contribution in [1.29, 1.82) is 0 Å². The molecule has 0 radical (unpaired) electrons. The fourth-order valence-corrected chi connectivity index (χ4v) is 2.88. The lowest BCUT2D eigenvalue weighted by Gasteiger charge is -2.30. The molecule has 1 saturated carbocycles. The van der Waals surface area contributed by atoms with Gasteiger partial charge in [-0.2, -0.15) is 0 Å². The third-order valence-electron chi connectivity index (χ3n) is 4.15. The second-order valence-electron chi connectivity index (χ2n) is 5.39. The Labute approximate surface area is 104 Å². The molecule has 1 fully saturated rings. The van der Waals surface area contributed by atoms with Crippen molar-refractivity contribution in [3.8, 4) is 0 Å². The number of pyridine rings is 1. The predicted octanol–water partition coefficient (Wildman–Crippen LogP) is 3.64. The average molecular weight is 233 g/mol. The highest BCUT2D eigenvalue weighted by Crippen LogP contribution is 2.37. The van der Waals surface area contributed by atoms with Gasteiger partial charge in [-0.1, -0.05) is 26.2 Å². The molecule has 2 heteroatoms. The third kappa shape index (κ3) is 3.06. The Morgan fingerprint density at radius 2 is 2.06 bits per heavy atom. The number of aliphatic hydroxyl groups is 1. The van der Waals surface area contributed by atoms with Crippen molar-refractivity contribution < 1.29 is 5.11 Å². The Morgan fingerprint density at radius 1 is 1.35 bits per heavy atom. The zero-order valence-corrected chi connectivity index (χ0v) is 10.9. The van der Waals surface area contributed by atoms with E-state index in [1.165, 1.54) is 24.8 Å². The van der Waals surface area contributed by atoms with Crippen LogP contribution in [0.1, 0.15) is 56.4 Å². The van der Waals surface area contributed by atoms with Gasteiger partial charge in [0.05, 0.1) is 11.8 Å². The molecule has 1 N–H and O–H groups in total. The lowest BCUT2D eigenvalue weighted by Crippen LogP contribution is -2.20. The van der Waals surface area contributed by atoms with E-state index in [-0.39, 0.29) is 6.10 Å². The van der Waals surface area contributed by atoms with Crippen LogP contribution in [0.25, 0.3) is 0 Å². The first-order valence-electron chi connectivity index (χ1n) is 6.81. The highest BCUT2D eigenvalue weighted by Gasteiger charge is 2.27. The van der Waals surface area contributed by atoms with Crippen LogP contribution >= 0.6 is 0 Å². The van der Waals surface area contributed by atoms with Gasteiger partial charge >= 0.3 is 0 Å². The fraction of sp³-hybridized carbons (Fsp3) is 0.667. The van der Waals surface area contributed by atoms with E-state index in [1.807, 2.05) is 19.1 Å². The van der Waals surface area contributed by atoms with Gasteiger partial charge in [0.2, 0.25) is 0 Å². The maximum atomic E-state index is 10.4. The van der Waals surface area contributed by atoms with Crippen molar-refractivity contribution in [1.82, 2.24) is 4.98 Å². The molecule has 0 spiro atoms. The summed E-state index contributed by atoms with van der Waals surface area (Å²) in [6.07, 6.45) is 7.54. The zero-order valence-electron chi connectivity index (χ0n) is 10.9. The first-order chi connectivity index (χ1) is 8.20. The smallest absolute Gasteiger partial charge is 0.0987 e. The minimum atomic E-state index is -0.368. The first kappa shape index (κ1) is 12.6. The van der Waals surface area contributed by atoms with Gasteiger partial charge in [-0.25, -0.2) is 0 Å². The van der Waals surface area contributed by atoms with Crippen LogP contribution in [0, 0.1) is 18.8 Å². The molecule has 2 nitrogen and oxygen atoms in total. The maximum absolute atomic E-state index is 10.4. The summed E-state index contributed by atoms with van der Waals surface area (Å²) in [5.74, 6) is 1.29. The number of aliphatic hydroxyl groups excluding tert-OH is 1. The van der Waals surface area contributed by atoms with E-state index < -0.39 is 0 Å². The number of nitrogens with zero attached hydrogens (tertiary/aromatic N) is 1. The van der Waals surface area contributed by atoms with Crippen molar-refractivity contribution in [2.45, 2.75) is 52.1 Å². The molecule has 0 aliphatic heterocycles. The summed E-state index contributed by atoms with van der Waals surface area (Å²) in [4.78, 5) is 4.30. The van der Waals surface area contributed by atoms with Crippen LogP contribution in [0.4, 0.5) is 0 Å². The van der Waals surface area contributed by atoms with Gasteiger partial charge in [-0.3, -0.25) is 4.98 Å². The molecule has 0 bridgehead atoms. The van der Waals surface area contributed by atoms with Crippen LogP contribution in [0.5, 0.6) is 0 Å². The van der Waals surface area contributed by atoms with E-state index in [0.717, 1.165) is 24.5 Å². The molecule has 1 aromatic heterocycles. The van der Waals surface area contributed by atoms with Gasteiger partial charge in [0.15, 0.2) is 0 Å². The Balaban J connectivity index is 1.99. The molecular formula is C15H23NO. The standard InChI is InChI=1S/C15H23NO/c1-3-12-4-6-13(7-5-12)15(17)14-10-11(2)8-9-16-14/h8-10,12-13,15,17H,3-7H2,1-2H3. The molecule has 0 aromatic carbocycles. The van der Waals surface area contributed by atoms with Crippen LogP contribution in [0.15, 0.2) is 18.3 Å². The van der Waals surface area contributed by atoms with E-state index in [4.69, 9.17) is 0 Å². The van der Waals surface area contributed by atoms with E-state index in [2.05, 4.69) is 11.9 Å². The predicted molar refractivity (Wildman–Crippen MR) is 69.7 cm³/mol. The molecule has 1 unspecified atom stereocenters. The molecule has 1 heterocycles. The normalized spacial score (nSPS) is 26.8. The summed E-state index contributed by atoms with van der Waals surface area (Å²) in [6.45, 7) is 4.31. The van der Waals surface area contributed by atoms with Crippen LogP contribution in [0.3, 0.4) is 0 Å². The summed E-state index contributed by atoms with van der Waals surface area (Å²) in [6, 6.07) is 3.99. The van der Waals surface area contributed by atoms with Crippen LogP contribution < -0.4 is 0 Å². The minimum Gasteiger partial charge on any atom is -0.387 e. The molecule has 2 rings (SSSR count). The van der Waals surface area contributed by atoms with Crippen molar-refractivity contribution in [2.24, 2.45) is 11.8 Å².